The Morgan fingerprint density at radius 3 is 2.73 bits per heavy atom. The molecule has 0 aromatic heterocycles. The Bertz CT molecular complexity index is 536. The molecule has 0 aliphatic carbocycles. The molecule has 0 spiro atoms. The highest BCUT2D eigenvalue weighted by molar-refractivity contribution is 7.80. The molecule has 2 heterocycles. The first-order valence-electron chi connectivity index (χ1n) is 7.85. The summed E-state index contributed by atoms with van der Waals surface area (Å²) in [5.41, 5.74) is 1.20. The van der Waals surface area contributed by atoms with Gasteiger partial charge < -0.3 is 4.74 Å². The average Bonchev–Trinajstić information content (AvgIpc) is 2.80. The molecule has 4 atom stereocenters. The fourth-order valence-corrected chi connectivity index (χ4v) is 4.64. The van der Waals surface area contributed by atoms with Gasteiger partial charge in [0.05, 0.1) is 13.0 Å². The summed E-state index contributed by atoms with van der Waals surface area (Å²) in [4.78, 5) is 14.9. The Hall–Kier alpha value is -0.710. The Labute approximate surface area is 142 Å². The Morgan fingerprint density at radius 1 is 1.36 bits per heavy atom. The fourth-order valence-electron chi connectivity index (χ4n) is 4.29. The van der Waals surface area contributed by atoms with Crippen LogP contribution in [0.4, 0.5) is 0 Å². The summed E-state index contributed by atoms with van der Waals surface area (Å²) >= 11 is 10.4. The minimum Gasteiger partial charge on any atom is -0.469 e. The molecule has 2 bridgehead atoms. The molecule has 0 saturated carbocycles. The van der Waals surface area contributed by atoms with E-state index in [1.54, 1.807) is 0 Å². The summed E-state index contributed by atoms with van der Waals surface area (Å²) in [6.07, 6.45) is 3.24. The average molecular weight is 340 g/mol. The second-order valence-electron chi connectivity index (χ2n) is 6.20. The van der Waals surface area contributed by atoms with E-state index in [9.17, 15) is 4.79 Å². The third-order valence-electron chi connectivity index (χ3n) is 5.19. The SMILES string of the molecule is COC(=O)[C@@H]1C2CCC(C[C@@H]1c1ccc(Cl)cc1)N2CCS. The van der Waals surface area contributed by atoms with Crippen LogP contribution in [0.15, 0.2) is 24.3 Å². The smallest absolute Gasteiger partial charge is 0.310 e. The molecule has 0 amide bonds. The van der Waals surface area contributed by atoms with Crippen molar-refractivity contribution in [3.63, 3.8) is 0 Å². The highest BCUT2D eigenvalue weighted by atomic mass is 35.5. The molecule has 0 radical (unpaired) electrons. The van der Waals surface area contributed by atoms with E-state index in [4.69, 9.17) is 16.3 Å². The van der Waals surface area contributed by atoms with Gasteiger partial charge in [0.25, 0.3) is 0 Å². The van der Waals surface area contributed by atoms with Crippen molar-refractivity contribution in [3.05, 3.63) is 34.9 Å². The number of esters is 1. The lowest BCUT2D eigenvalue weighted by Gasteiger charge is -2.43. The second-order valence-corrected chi connectivity index (χ2v) is 7.09. The lowest BCUT2D eigenvalue weighted by Crippen LogP contribution is -2.51. The largest absolute Gasteiger partial charge is 0.469 e. The maximum atomic E-state index is 12.5. The van der Waals surface area contributed by atoms with Crippen LogP contribution in [0.5, 0.6) is 0 Å². The van der Waals surface area contributed by atoms with E-state index in [2.05, 4.69) is 29.7 Å². The number of halogens is 1. The summed E-state index contributed by atoms with van der Waals surface area (Å²) in [7, 11) is 1.49. The lowest BCUT2D eigenvalue weighted by atomic mass is 9.76. The zero-order chi connectivity index (χ0) is 15.7. The summed E-state index contributed by atoms with van der Waals surface area (Å²) in [6.45, 7) is 0.944. The molecule has 120 valence electrons. The molecular formula is C17H22ClNO2S. The van der Waals surface area contributed by atoms with Gasteiger partial charge in [0, 0.05) is 35.3 Å². The van der Waals surface area contributed by atoms with Crippen LogP contribution in [-0.4, -0.2) is 42.4 Å². The van der Waals surface area contributed by atoms with E-state index >= 15 is 0 Å². The quantitative estimate of drug-likeness (QED) is 0.673. The van der Waals surface area contributed by atoms with Crippen LogP contribution >= 0.6 is 24.2 Å². The molecule has 2 aliphatic heterocycles. The van der Waals surface area contributed by atoms with E-state index in [0.717, 1.165) is 36.6 Å². The highest BCUT2D eigenvalue weighted by Crippen LogP contribution is 2.47. The first-order chi connectivity index (χ1) is 10.7. The van der Waals surface area contributed by atoms with E-state index in [1.165, 1.54) is 12.7 Å². The van der Waals surface area contributed by atoms with Gasteiger partial charge in [-0.2, -0.15) is 12.6 Å². The number of fused-ring (bicyclic) bond motifs is 2. The van der Waals surface area contributed by atoms with Crippen LogP contribution < -0.4 is 0 Å². The van der Waals surface area contributed by atoms with Crippen molar-refractivity contribution in [3.8, 4) is 0 Å². The third kappa shape index (κ3) is 2.89. The van der Waals surface area contributed by atoms with Gasteiger partial charge >= 0.3 is 5.97 Å². The van der Waals surface area contributed by atoms with E-state index < -0.39 is 0 Å². The summed E-state index contributed by atoms with van der Waals surface area (Å²) in [5, 5.41) is 0.730. The van der Waals surface area contributed by atoms with Crippen LogP contribution in [0.3, 0.4) is 0 Å². The number of piperidine rings is 1. The van der Waals surface area contributed by atoms with Gasteiger partial charge in [-0.1, -0.05) is 23.7 Å². The van der Waals surface area contributed by atoms with E-state index in [0.29, 0.717) is 6.04 Å². The van der Waals surface area contributed by atoms with E-state index in [-0.39, 0.29) is 23.8 Å². The van der Waals surface area contributed by atoms with Crippen molar-refractivity contribution in [2.24, 2.45) is 5.92 Å². The predicted octanol–water partition coefficient (Wildman–Crippen LogP) is 3.38. The molecule has 1 aromatic carbocycles. The van der Waals surface area contributed by atoms with Crippen molar-refractivity contribution in [1.29, 1.82) is 0 Å². The van der Waals surface area contributed by atoms with Gasteiger partial charge in [-0.25, -0.2) is 0 Å². The molecule has 0 N–H and O–H groups in total. The standard InChI is InChI=1S/C17H22ClNO2S/c1-21-17(20)16-14(11-2-4-12(18)5-3-11)10-13-6-7-15(16)19(13)8-9-22/h2-5,13-16,22H,6-10H2,1H3/t13?,14-,15?,16+/m1/s1. The number of ether oxygens (including phenoxy) is 1. The van der Waals surface area contributed by atoms with Crippen molar-refractivity contribution in [2.45, 2.75) is 37.3 Å². The number of benzene rings is 1. The van der Waals surface area contributed by atoms with Gasteiger partial charge in [-0.15, -0.1) is 0 Å². The highest BCUT2D eigenvalue weighted by Gasteiger charge is 2.50. The number of hydrogen-bond acceptors (Lipinski definition) is 4. The minimum absolute atomic E-state index is 0.0885. The fraction of sp³-hybridized carbons (Fsp3) is 0.588. The summed E-state index contributed by atoms with van der Waals surface area (Å²) < 4.78 is 5.13. The summed E-state index contributed by atoms with van der Waals surface area (Å²) in [6, 6.07) is 8.76. The predicted molar refractivity (Wildman–Crippen MR) is 91.7 cm³/mol. The van der Waals surface area contributed by atoms with Crippen LogP contribution in [-0.2, 0) is 9.53 Å². The van der Waals surface area contributed by atoms with Gasteiger partial charge in [0.1, 0.15) is 0 Å². The van der Waals surface area contributed by atoms with Crippen molar-refractivity contribution < 1.29 is 9.53 Å². The summed E-state index contributed by atoms with van der Waals surface area (Å²) in [5.74, 6) is 0.865. The maximum Gasteiger partial charge on any atom is 0.310 e. The molecule has 2 unspecified atom stereocenters. The van der Waals surface area contributed by atoms with Gasteiger partial charge in [0.2, 0.25) is 0 Å². The first-order valence-corrected chi connectivity index (χ1v) is 8.86. The van der Waals surface area contributed by atoms with E-state index in [1.807, 2.05) is 12.1 Å². The van der Waals surface area contributed by atoms with Crippen LogP contribution in [0.1, 0.15) is 30.7 Å². The Balaban J connectivity index is 1.92. The molecular weight excluding hydrogens is 318 g/mol. The molecule has 5 heteroatoms. The molecule has 22 heavy (non-hydrogen) atoms. The number of thiol groups is 1. The monoisotopic (exact) mass is 339 g/mol. The van der Waals surface area contributed by atoms with Crippen LogP contribution in [0.25, 0.3) is 0 Å². The van der Waals surface area contributed by atoms with Crippen molar-refractivity contribution >= 4 is 30.2 Å². The lowest BCUT2D eigenvalue weighted by molar-refractivity contribution is -0.150. The number of carbonyl (C=O) groups excluding carboxylic acids is 1. The van der Waals surface area contributed by atoms with Crippen LogP contribution in [0, 0.1) is 5.92 Å². The maximum absolute atomic E-state index is 12.5. The molecule has 1 aromatic rings. The number of rotatable bonds is 4. The van der Waals surface area contributed by atoms with Crippen molar-refractivity contribution in [1.82, 2.24) is 4.90 Å². The normalized spacial score (nSPS) is 31.2. The Kier molecular flexibility index (Phi) is 5.00. The van der Waals surface area contributed by atoms with Crippen molar-refractivity contribution in [2.75, 3.05) is 19.4 Å². The van der Waals surface area contributed by atoms with Gasteiger partial charge in [0.15, 0.2) is 0 Å². The van der Waals surface area contributed by atoms with Gasteiger partial charge in [-0.05, 0) is 37.0 Å². The number of hydrogen-bond donors (Lipinski definition) is 1. The number of nitrogens with zero attached hydrogens (tertiary/aromatic N) is 1. The molecule has 2 fully saturated rings. The zero-order valence-corrected chi connectivity index (χ0v) is 14.4. The topological polar surface area (TPSA) is 29.5 Å². The molecule has 3 rings (SSSR count). The third-order valence-corrected chi connectivity index (χ3v) is 5.65. The van der Waals surface area contributed by atoms with Crippen LogP contribution in [0.2, 0.25) is 5.02 Å². The molecule has 2 aliphatic rings. The second kappa shape index (κ2) is 6.81. The Morgan fingerprint density at radius 2 is 2.09 bits per heavy atom. The number of methoxy groups -OCH3 is 1. The molecule has 2 saturated heterocycles. The zero-order valence-electron chi connectivity index (χ0n) is 12.7. The molecule has 3 nitrogen and oxygen atoms in total. The van der Waals surface area contributed by atoms with Gasteiger partial charge in [-0.3, -0.25) is 9.69 Å². The first kappa shape index (κ1) is 16.2. The minimum atomic E-state index is -0.0928. The number of carbonyl (C=O) groups is 1.